The number of fused-ring (bicyclic) bond motifs is 1. The highest BCUT2D eigenvalue weighted by Gasteiger charge is 2.13. The number of nitrogens with zero attached hydrogens (tertiary/aromatic N) is 2. The van der Waals surface area contributed by atoms with Gasteiger partial charge in [0.05, 0.1) is 5.56 Å². The zero-order valence-corrected chi connectivity index (χ0v) is 13.7. The summed E-state index contributed by atoms with van der Waals surface area (Å²) in [5.74, 6) is 0. The molecule has 0 spiro atoms. The SMILES string of the molecule is O=c1oc2cc(N3CCNCC3)ccc2cc1-c1ccnc(Cl)c1. The van der Waals surface area contributed by atoms with Crippen LogP contribution in [0.15, 0.2) is 51.8 Å². The Balaban J connectivity index is 1.77. The van der Waals surface area contributed by atoms with E-state index in [1.54, 1.807) is 18.3 Å². The summed E-state index contributed by atoms with van der Waals surface area (Å²) in [7, 11) is 0. The number of halogens is 1. The molecule has 0 atom stereocenters. The summed E-state index contributed by atoms with van der Waals surface area (Å²) < 4.78 is 5.56. The molecular formula is C18H16ClN3O2. The van der Waals surface area contributed by atoms with Crippen LogP contribution in [-0.2, 0) is 0 Å². The third kappa shape index (κ3) is 2.88. The Morgan fingerprint density at radius 1 is 1.12 bits per heavy atom. The second-order valence-electron chi connectivity index (χ2n) is 5.77. The Morgan fingerprint density at radius 2 is 1.96 bits per heavy atom. The van der Waals surface area contributed by atoms with Crippen molar-refractivity contribution >= 4 is 28.3 Å². The fraction of sp³-hybridized carbons (Fsp3) is 0.222. The Labute approximate surface area is 143 Å². The van der Waals surface area contributed by atoms with Crippen molar-refractivity contribution in [2.45, 2.75) is 0 Å². The lowest BCUT2D eigenvalue weighted by molar-refractivity contribution is 0.561. The fourth-order valence-electron chi connectivity index (χ4n) is 2.99. The van der Waals surface area contributed by atoms with Crippen LogP contribution in [0.3, 0.4) is 0 Å². The predicted octanol–water partition coefficient (Wildman–Crippen LogP) is 2.92. The van der Waals surface area contributed by atoms with Gasteiger partial charge in [-0.3, -0.25) is 0 Å². The van der Waals surface area contributed by atoms with Crippen LogP contribution in [0.2, 0.25) is 5.15 Å². The van der Waals surface area contributed by atoms with Gasteiger partial charge in [-0.2, -0.15) is 0 Å². The lowest BCUT2D eigenvalue weighted by atomic mass is 10.1. The van der Waals surface area contributed by atoms with E-state index < -0.39 is 0 Å². The summed E-state index contributed by atoms with van der Waals surface area (Å²) in [6.07, 6.45) is 1.58. The van der Waals surface area contributed by atoms with Gasteiger partial charge in [0, 0.05) is 49.5 Å². The van der Waals surface area contributed by atoms with Crippen LogP contribution in [0.25, 0.3) is 22.1 Å². The number of nitrogens with one attached hydrogen (secondary N) is 1. The summed E-state index contributed by atoms with van der Waals surface area (Å²) >= 11 is 5.92. The van der Waals surface area contributed by atoms with Gasteiger partial charge in [-0.25, -0.2) is 9.78 Å². The van der Waals surface area contributed by atoms with Crippen molar-refractivity contribution < 1.29 is 4.42 Å². The molecule has 0 bridgehead atoms. The molecule has 1 aliphatic heterocycles. The fourth-order valence-corrected chi connectivity index (χ4v) is 3.16. The lowest BCUT2D eigenvalue weighted by Gasteiger charge is -2.29. The van der Waals surface area contributed by atoms with Crippen molar-refractivity contribution in [3.8, 4) is 11.1 Å². The van der Waals surface area contributed by atoms with Gasteiger partial charge in [-0.05, 0) is 35.9 Å². The molecule has 1 aliphatic rings. The molecule has 1 N–H and O–H groups in total. The number of anilines is 1. The van der Waals surface area contributed by atoms with Gasteiger partial charge < -0.3 is 14.6 Å². The molecule has 0 saturated carbocycles. The molecule has 0 radical (unpaired) electrons. The van der Waals surface area contributed by atoms with Crippen LogP contribution < -0.4 is 15.8 Å². The number of hydrogen-bond donors (Lipinski definition) is 1. The first-order valence-corrected chi connectivity index (χ1v) is 8.24. The van der Waals surface area contributed by atoms with Gasteiger partial charge in [0.1, 0.15) is 10.7 Å². The van der Waals surface area contributed by atoms with Crippen LogP contribution in [0, 0.1) is 0 Å². The smallest absolute Gasteiger partial charge is 0.344 e. The van der Waals surface area contributed by atoms with Crippen LogP contribution in [0.4, 0.5) is 5.69 Å². The van der Waals surface area contributed by atoms with Crippen LogP contribution >= 0.6 is 11.6 Å². The first kappa shape index (κ1) is 15.2. The molecule has 1 fully saturated rings. The Hall–Kier alpha value is -2.37. The minimum absolute atomic E-state index is 0.348. The van der Waals surface area contributed by atoms with Gasteiger partial charge >= 0.3 is 5.63 Å². The molecular weight excluding hydrogens is 326 g/mol. The molecule has 0 amide bonds. The highest BCUT2D eigenvalue weighted by Crippen LogP contribution is 2.26. The Morgan fingerprint density at radius 3 is 2.75 bits per heavy atom. The number of pyridine rings is 1. The van der Waals surface area contributed by atoms with Gasteiger partial charge in [0.15, 0.2) is 0 Å². The predicted molar refractivity (Wildman–Crippen MR) is 95.8 cm³/mol. The number of benzene rings is 1. The van der Waals surface area contributed by atoms with Crippen LogP contribution in [0.1, 0.15) is 0 Å². The molecule has 6 heteroatoms. The first-order chi connectivity index (χ1) is 11.7. The van der Waals surface area contributed by atoms with E-state index in [0.717, 1.165) is 37.3 Å². The Bertz CT molecular complexity index is 948. The average molecular weight is 342 g/mol. The second-order valence-corrected chi connectivity index (χ2v) is 6.16. The van der Waals surface area contributed by atoms with E-state index in [1.807, 2.05) is 18.2 Å². The van der Waals surface area contributed by atoms with Gasteiger partial charge in [-0.1, -0.05) is 11.6 Å². The summed E-state index contributed by atoms with van der Waals surface area (Å²) in [6, 6.07) is 11.2. The molecule has 1 saturated heterocycles. The van der Waals surface area contributed by atoms with Crippen molar-refractivity contribution in [1.29, 1.82) is 0 Å². The molecule has 3 aromatic rings. The molecule has 5 nitrogen and oxygen atoms in total. The van der Waals surface area contributed by atoms with Crippen molar-refractivity contribution in [2.75, 3.05) is 31.1 Å². The van der Waals surface area contributed by atoms with E-state index in [-0.39, 0.29) is 5.63 Å². The van der Waals surface area contributed by atoms with Crippen molar-refractivity contribution in [2.24, 2.45) is 0 Å². The largest absolute Gasteiger partial charge is 0.422 e. The van der Waals surface area contributed by atoms with Crippen LogP contribution in [-0.4, -0.2) is 31.2 Å². The number of hydrogen-bond acceptors (Lipinski definition) is 5. The monoisotopic (exact) mass is 341 g/mol. The molecule has 2 aromatic heterocycles. The maximum absolute atomic E-state index is 12.4. The minimum atomic E-state index is -0.373. The van der Waals surface area contributed by atoms with Crippen molar-refractivity contribution in [1.82, 2.24) is 10.3 Å². The summed E-state index contributed by atoms with van der Waals surface area (Å²) in [5.41, 5.74) is 2.49. The maximum Gasteiger partial charge on any atom is 0.344 e. The standard InChI is InChI=1S/C18H16ClN3O2/c19-17-10-12(3-4-21-17)15-9-13-1-2-14(11-16(13)24-18(15)23)22-7-5-20-6-8-22/h1-4,9-11,20H,5-8H2. The van der Waals surface area contributed by atoms with E-state index in [4.69, 9.17) is 16.0 Å². The molecule has 24 heavy (non-hydrogen) atoms. The van der Waals surface area contributed by atoms with E-state index in [2.05, 4.69) is 21.3 Å². The minimum Gasteiger partial charge on any atom is -0.422 e. The van der Waals surface area contributed by atoms with E-state index in [1.165, 1.54) is 0 Å². The van der Waals surface area contributed by atoms with Gasteiger partial charge in [0.25, 0.3) is 0 Å². The first-order valence-electron chi connectivity index (χ1n) is 7.86. The lowest BCUT2D eigenvalue weighted by Crippen LogP contribution is -2.43. The normalized spacial score (nSPS) is 15.0. The van der Waals surface area contributed by atoms with Gasteiger partial charge in [-0.15, -0.1) is 0 Å². The third-order valence-corrected chi connectivity index (χ3v) is 4.45. The van der Waals surface area contributed by atoms with E-state index in [0.29, 0.717) is 21.9 Å². The maximum atomic E-state index is 12.4. The highest BCUT2D eigenvalue weighted by atomic mass is 35.5. The van der Waals surface area contributed by atoms with E-state index >= 15 is 0 Å². The zero-order valence-electron chi connectivity index (χ0n) is 13.0. The molecule has 122 valence electrons. The average Bonchev–Trinajstić information content (AvgIpc) is 2.61. The topological polar surface area (TPSA) is 58.4 Å². The summed E-state index contributed by atoms with van der Waals surface area (Å²) in [5, 5.41) is 4.56. The highest BCUT2D eigenvalue weighted by molar-refractivity contribution is 6.29. The second kappa shape index (κ2) is 6.26. The zero-order chi connectivity index (χ0) is 16.5. The van der Waals surface area contributed by atoms with Crippen LogP contribution in [0.5, 0.6) is 0 Å². The molecule has 1 aromatic carbocycles. The van der Waals surface area contributed by atoms with E-state index in [9.17, 15) is 4.79 Å². The van der Waals surface area contributed by atoms with Gasteiger partial charge in [0.2, 0.25) is 0 Å². The molecule has 0 aliphatic carbocycles. The quantitative estimate of drug-likeness (QED) is 0.573. The molecule has 0 unspecified atom stereocenters. The molecule has 4 rings (SSSR count). The summed E-state index contributed by atoms with van der Waals surface area (Å²) in [6.45, 7) is 3.82. The Kier molecular flexibility index (Phi) is 3.96. The molecule has 3 heterocycles. The third-order valence-electron chi connectivity index (χ3n) is 4.24. The number of aromatic nitrogens is 1. The summed E-state index contributed by atoms with van der Waals surface area (Å²) in [4.78, 5) is 18.6. The number of rotatable bonds is 2. The van der Waals surface area contributed by atoms with Crippen molar-refractivity contribution in [3.63, 3.8) is 0 Å². The van der Waals surface area contributed by atoms with Crippen molar-refractivity contribution in [3.05, 3.63) is 58.2 Å². The number of piperazine rings is 1.